The summed E-state index contributed by atoms with van der Waals surface area (Å²) in [5.41, 5.74) is 0. The molecule has 0 saturated heterocycles. The van der Waals surface area contributed by atoms with Gasteiger partial charge in [-0.2, -0.15) is 0 Å². The van der Waals surface area contributed by atoms with Crippen LogP contribution in [-0.2, 0) is 6.61 Å². The van der Waals surface area contributed by atoms with Crippen molar-refractivity contribution in [3.05, 3.63) is 45.2 Å². The number of nitrogens with one attached hydrogen (secondary N) is 1. The predicted molar refractivity (Wildman–Crippen MR) is 55.6 cm³/mol. The number of H-pyrrole nitrogens is 1. The molecule has 78 valence electrons. The molecule has 6 heteroatoms. The number of rotatable bonds is 3. The third-order valence-electron chi connectivity index (χ3n) is 1.66. The van der Waals surface area contributed by atoms with E-state index in [-0.39, 0.29) is 12.5 Å². The van der Waals surface area contributed by atoms with Crippen LogP contribution in [0.5, 0.6) is 5.75 Å². The maximum atomic E-state index is 10.6. The average molecular weight is 271 g/mol. The molecule has 0 bridgehead atoms. The zero-order chi connectivity index (χ0) is 10.7. The molecule has 1 aromatic heterocycles. The van der Waals surface area contributed by atoms with Gasteiger partial charge in [-0.15, -0.1) is 5.10 Å². The number of nitrogens with zero attached hydrogens (tertiary/aromatic N) is 1. The highest BCUT2D eigenvalue weighted by atomic mass is 79.9. The van der Waals surface area contributed by atoms with E-state index >= 15 is 0 Å². The number of benzene rings is 1. The normalized spacial score (nSPS) is 10.2. The molecule has 2 aromatic rings. The lowest BCUT2D eigenvalue weighted by molar-refractivity contribution is 0.259. The van der Waals surface area contributed by atoms with Crippen LogP contribution in [-0.4, -0.2) is 10.2 Å². The third kappa shape index (κ3) is 2.69. The van der Waals surface area contributed by atoms with Gasteiger partial charge in [-0.05, 0) is 24.3 Å². The van der Waals surface area contributed by atoms with Gasteiger partial charge in [0.1, 0.15) is 5.75 Å². The molecule has 1 aromatic carbocycles. The van der Waals surface area contributed by atoms with Crippen molar-refractivity contribution in [1.29, 1.82) is 0 Å². The van der Waals surface area contributed by atoms with Gasteiger partial charge in [-0.3, -0.25) is 0 Å². The molecule has 0 radical (unpaired) electrons. The lowest BCUT2D eigenvalue weighted by Crippen LogP contribution is -1.95. The highest BCUT2D eigenvalue weighted by Gasteiger charge is 2.01. The Bertz CT molecular complexity index is 489. The van der Waals surface area contributed by atoms with Crippen LogP contribution >= 0.6 is 15.9 Å². The summed E-state index contributed by atoms with van der Waals surface area (Å²) >= 11 is 3.31. The lowest BCUT2D eigenvalue weighted by atomic mass is 10.3. The molecule has 0 atom stereocenters. The molecule has 1 N–H and O–H groups in total. The Kier molecular flexibility index (Phi) is 2.86. The Morgan fingerprint density at radius 3 is 2.73 bits per heavy atom. The molecule has 0 unspecified atom stereocenters. The van der Waals surface area contributed by atoms with Gasteiger partial charge in [0.2, 0.25) is 0 Å². The quantitative estimate of drug-likeness (QED) is 0.922. The number of hydrogen-bond acceptors (Lipinski definition) is 4. The molecule has 5 nitrogen and oxygen atoms in total. The van der Waals surface area contributed by atoms with Crippen molar-refractivity contribution in [1.82, 2.24) is 10.2 Å². The standard InChI is InChI=1S/C9H7BrN2O3/c10-6-1-3-7(4-2-6)14-5-8-11-12-9(13)15-8/h1-4H,5H2,(H,12,13). The highest BCUT2D eigenvalue weighted by Crippen LogP contribution is 2.16. The minimum absolute atomic E-state index is 0.125. The van der Waals surface area contributed by atoms with Crippen molar-refractivity contribution >= 4 is 15.9 Å². The van der Waals surface area contributed by atoms with Gasteiger partial charge in [0.25, 0.3) is 5.89 Å². The summed E-state index contributed by atoms with van der Waals surface area (Å²) in [6.45, 7) is 0.125. The highest BCUT2D eigenvalue weighted by molar-refractivity contribution is 9.10. The minimum Gasteiger partial charge on any atom is -0.484 e. The lowest BCUT2D eigenvalue weighted by Gasteiger charge is -2.02. The van der Waals surface area contributed by atoms with Crippen molar-refractivity contribution in [2.75, 3.05) is 0 Å². The van der Waals surface area contributed by atoms with Crippen molar-refractivity contribution < 1.29 is 9.15 Å². The van der Waals surface area contributed by atoms with E-state index in [9.17, 15) is 4.79 Å². The van der Waals surface area contributed by atoms with Crippen LogP contribution in [0.1, 0.15) is 5.89 Å². The molecular weight excluding hydrogens is 264 g/mol. The van der Waals surface area contributed by atoms with Crippen LogP contribution in [0, 0.1) is 0 Å². The number of aromatic nitrogens is 2. The fraction of sp³-hybridized carbons (Fsp3) is 0.111. The van der Waals surface area contributed by atoms with Crippen LogP contribution in [0.15, 0.2) is 37.9 Å². The van der Waals surface area contributed by atoms with E-state index in [4.69, 9.17) is 4.74 Å². The monoisotopic (exact) mass is 270 g/mol. The summed E-state index contributed by atoms with van der Waals surface area (Å²) in [7, 11) is 0. The zero-order valence-corrected chi connectivity index (χ0v) is 9.15. The molecule has 0 amide bonds. The first-order valence-electron chi connectivity index (χ1n) is 4.17. The van der Waals surface area contributed by atoms with Crippen LogP contribution in [0.4, 0.5) is 0 Å². The Balaban J connectivity index is 1.99. The molecule has 0 spiro atoms. The van der Waals surface area contributed by atoms with Gasteiger partial charge in [-0.1, -0.05) is 15.9 Å². The summed E-state index contributed by atoms with van der Waals surface area (Å²) < 4.78 is 11.0. The predicted octanol–water partition coefficient (Wildman–Crippen LogP) is 1.70. The largest absolute Gasteiger partial charge is 0.484 e. The molecular formula is C9H7BrN2O3. The molecule has 0 saturated carbocycles. The summed E-state index contributed by atoms with van der Waals surface area (Å²) in [5.74, 6) is 0.330. The van der Waals surface area contributed by atoms with Crippen LogP contribution in [0.2, 0.25) is 0 Å². The van der Waals surface area contributed by atoms with E-state index < -0.39 is 5.76 Å². The van der Waals surface area contributed by atoms with Gasteiger partial charge in [0.15, 0.2) is 6.61 Å². The van der Waals surface area contributed by atoms with Gasteiger partial charge < -0.3 is 9.15 Å². The molecule has 0 fully saturated rings. The number of ether oxygens (including phenoxy) is 1. The Labute approximate surface area is 93.2 Å². The van der Waals surface area contributed by atoms with E-state index in [1.54, 1.807) is 12.1 Å². The topological polar surface area (TPSA) is 68.1 Å². The molecule has 0 aliphatic carbocycles. The summed E-state index contributed by atoms with van der Waals surface area (Å²) in [6.07, 6.45) is 0. The molecule has 0 aliphatic rings. The van der Waals surface area contributed by atoms with Crippen LogP contribution < -0.4 is 10.5 Å². The van der Waals surface area contributed by atoms with Gasteiger partial charge in [0, 0.05) is 4.47 Å². The second kappa shape index (κ2) is 4.31. The summed E-state index contributed by atoms with van der Waals surface area (Å²) in [6, 6.07) is 7.32. The third-order valence-corrected chi connectivity index (χ3v) is 2.19. The maximum absolute atomic E-state index is 10.6. The van der Waals surface area contributed by atoms with Crippen molar-refractivity contribution in [2.24, 2.45) is 0 Å². The zero-order valence-electron chi connectivity index (χ0n) is 7.57. The first-order valence-corrected chi connectivity index (χ1v) is 4.96. The van der Waals surface area contributed by atoms with Crippen molar-refractivity contribution in [3.8, 4) is 5.75 Å². The maximum Gasteiger partial charge on any atom is 0.434 e. The fourth-order valence-electron chi connectivity index (χ4n) is 0.998. The molecule has 15 heavy (non-hydrogen) atoms. The van der Waals surface area contributed by atoms with E-state index in [2.05, 4.69) is 30.5 Å². The first kappa shape index (κ1) is 9.97. The van der Waals surface area contributed by atoms with E-state index in [0.717, 1.165) is 4.47 Å². The SMILES string of the molecule is O=c1[nH]nc(COc2ccc(Br)cc2)o1. The van der Waals surface area contributed by atoms with Crippen LogP contribution in [0.25, 0.3) is 0 Å². The van der Waals surface area contributed by atoms with Gasteiger partial charge >= 0.3 is 5.76 Å². The Hall–Kier alpha value is -1.56. The number of hydrogen-bond donors (Lipinski definition) is 1. The Morgan fingerprint density at radius 2 is 2.13 bits per heavy atom. The average Bonchev–Trinajstić information content (AvgIpc) is 2.64. The Morgan fingerprint density at radius 1 is 1.40 bits per heavy atom. The molecule has 1 heterocycles. The second-order valence-corrected chi connectivity index (χ2v) is 3.67. The molecule has 0 aliphatic heterocycles. The minimum atomic E-state index is -0.579. The van der Waals surface area contributed by atoms with Gasteiger partial charge in [-0.25, -0.2) is 9.89 Å². The van der Waals surface area contributed by atoms with Crippen molar-refractivity contribution in [3.63, 3.8) is 0 Å². The second-order valence-electron chi connectivity index (χ2n) is 2.75. The van der Waals surface area contributed by atoms with E-state index in [1.807, 2.05) is 12.1 Å². The number of halogens is 1. The molecule has 2 rings (SSSR count). The summed E-state index contributed by atoms with van der Waals surface area (Å²) in [5, 5.41) is 5.76. The fourth-order valence-corrected chi connectivity index (χ4v) is 1.26. The number of aromatic amines is 1. The van der Waals surface area contributed by atoms with Crippen LogP contribution in [0.3, 0.4) is 0 Å². The van der Waals surface area contributed by atoms with E-state index in [1.165, 1.54) is 0 Å². The summed E-state index contributed by atoms with van der Waals surface area (Å²) in [4.78, 5) is 10.6. The smallest absolute Gasteiger partial charge is 0.434 e. The van der Waals surface area contributed by atoms with E-state index in [0.29, 0.717) is 5.75 Å². The first-order chi connectivity index (χ1) is 7.24. The van der Waals surface area contributed by atoms with Crippen molar-refractivity contribution in [2.45, 2.75) is 6.61 Å². The van der Waals surface area contributed by atoms with Gasteiger partial charge in [0.05, 0.1) is 0 Å².